The fourth-order valence-corrected chi connectivity index (χ4v) is 5.00. The van der Waals surface area contributed by atoms with Crippen LogP contribution in [-0.2, 0) is 0 Å². The van der Waals surface area contributed by atoms with Crippen LogP contribution in [0.4, 0.5) is 5.82 Å². The summed E-state index contributed by atoms with van der Waals surface area (Å²) in [6.45, 7) is 9.92. The zero-order chi connectivity index (χ0) is 18.8. The fraction of sp³-hybridized carbons (Fsp3) is 0.632. The van der Waals surface area contributed by atoms with Crippen molar-refractivity contribution in [3.05, 3.63) is 16.8 Å². The van der Waals surface area contributed by atoms with Crippen molar-refractivity contribution in [3.63, 3.8) is 0 Å². The van der Waals surface area contributed by atoms with Crippen LogP contribution in [-0.4, -0.2) is 85.1 Å². The fourth-order valence-electron chi connectivity index (χ4n) is 3.94. The quantitative estimate of drug-likeness (QED) is 0.839. The second-order valence-corrected chi connectivity index (χ2v) is 8.53. The minimum atomic E-state index is 0.0130. The molecule has 0 aromatic carbocycles. The van der Waals surface area contributed by atoms with E-state index in [9.17, 15) is 4.79 Å². The Balaban J connectivity index is 1.51. The number of fused-ring (bicyclic) bond motifs is 1. The van der Waals surface area contributed by atoms with Crippen LogP contribution in [0.3, 0.4) is 0 Å². The van der Waals surface area contributed by atoms with Gasteiger partial charge in [0, 0.05) is 39.3 Å². The molecule has 0 saturated carbocycles. The van der Waals surface area contributed by atoms with Gasteiger partial charge in [-0.2, -0.15) is 0 Å². The standard InChI is InChI=1S/C19H28N6OS/c1-14-15-17(25-11-9-23(2)10-12-25)21-13-22-19(15)27-16(14)18(26)20-5-8-24-6-3-4-7-24/h13H,3-12H2,1-2H3,(H,20,26). The number of carbonyl (C=O) groups is 1. The highest BCUT2D eigenvalue weighted by Crippen LogP contribution is 2.35. The lowest BCUT2D eigenvalue weighted by Crippen LogP contribution is -2.44. The average molecular weight is 389 g/mol. The van der Waals surface area contributed by atoms with Gasteiger partial charge in [0.15, 0.2) is 0 Å². The summed E-state index contributed by atoms with van der Waals surface area (Å²) in [6.07, 6.45) is 4.18. The van der Waals surface area contributed by atoms with E-state index in [0.29, 0.717) is 6.54 Å². The van der Waals surface area contributed by atoms with Crippen LogP contribution in [0.5, 0.6) is 0 Å². The predicted octanol–water partition coefficient (Wildman–Crippen LogP) is 1.58. The molecule has 1 amide bonds. The Morgan fingerprint density at radius 1 is 1.15 bits per heavy atom. The Hall–Kier alpha value is -1.77. The van der Waals surface area contributed by atoms with Crippen LogP contribution in [0, 0.1) is 6.92 Å². The molecular formula is C19H28N6OS. The number of piperazine rings is 1. The summed E-state index contributed by atoms with van der Waals surface area (Å²) >= 11 is 1.48. The monoisotopic (exact) mass is 388 g/mol. The first kappa shape index (κ1) is 18.6. The van der Waals surface area contributed by atoms with E-state index < -0.39 is 0 Å². The maximum Gasteiger partial charge on any atom is 0.261 e. The number of aromatic nitrogens is 2. The summed E-state index contributed by atoms with van der Waals surface area (Å²) in [7, 11) is 2.15. The Morgan fingerprint density at radius 2 is 1.89 bits per heavy atom. The zero-order valence-electron chi connectivity index (χ0n) is 16.2. The van der Waals surface area contributed by atoms with E-state index in [1.165, 1.54) is 24.2 Å². The van der Waals surface area contributed by atoms with Crippen molar-refractivity contribution in [1.29, 1.82) is 0 Å². The van der Waals surface area contributed by atoms with Gasteiger partial charge in [-0.25, -0.2) is 9.97 Å². The van der Waals surface area contributed by atoms with Crippen molar-refractivity contribution in [1.82, 2.24) is 25.1 Å². The Kier molecular flexibility index (Phi) is 5.56. The lowest BCUT2D eigenvalue weighted by molar-refractivity contribution is 0.0953. The molecule has 0 spiro atoms. The number of amides is 1. The molecule has 0 aliphatic carbocycles. The predicted molar refractivity (Wildman–Crippen MR) is 110 cm³/mol. The first-order chi connectivity index (χ1) is 13.1. The number of likely N-dealkylation sites (tertiary alicyclic amines) is 1. The normalized spacial score (nSPS) is 19.1. The van der Waals surface area contributed by atoms with Gasteiger partial charge in [-0.15, -0.1) is 11.3 Å². The van der Waals surface area contributed by atoms with Crippen molar-refractivity contribution < 1.29 is 4.79 Å². The molecule has 0 bridgehead atoms. The molecule has 2 aromatic heterocycles. The lowest BCUT2D eigenvalue weighted by atomic mass is 10.1. The van der Waals surface area contributed by atoms with E-state index in [-0.39, 0.29) is 5.91 Å². The third-order valence-corrected chi connectivity index (χ3v) is 6.83. The zero-order valence-corrected chi connectivity index (χ0v) is 17.0. The molecule has 2 aliphatic heterocycles. The number of thiophene rings is 1. The molecule has 2 aliphatic rings. The van der Waals surface area contributed by atoms with Crippen molar-refractivity contribution in [2.75, 3.05) is 64.3 Å². The van der Waals surface area contributed by atoms with Gasteiger partial charge in [-0.1, -0.05) is 0 Å². The van der Waals surface area contributed by atoms with Crippen LogP contribution in [0.15, 0.2) is 6.33 Å². The summed E-state index contributed by atoms with van der Waals surface area (Å²) in [4.78, 5) is 30.5. The van der Waals surface area contributed by atoms with E-state index in [0.717, 1.165) is 72.3 Å². The van der Waals surface area contributed by atoms with Gasteiger partial charge < -0.3 is 20.0 Å². The van der Waals surface area contributed by atoms with E-state index >= 15 is 0 Å². The summed E-state index contributed by atoms with van der Waals surface area (Å²) < 4.78 is 0. The molecule has 1 N–H and O–H groups in total. The number of nitrogens with zero attached hydrogens (tertiary/aromatic N) is 5. The highest BCUT2D eigenvalue weighted by molar-refractivity contribution is 7.20. The topological polar surface area (TPSA) is 64.6 Å². The molecule has 2 saturated heterocycles. The van der Waals surface area contributed by atoms with E-state index in [2.05, 4.69) is 37.0 Å². The van der Waals surface area contributed by atoms with Crippen molar-refractivity contribution >= 4 is 33.3 Å². The van der Waals surface area contributed by atoms with Gasteiger partial charge in [0.05, 0.1) is 10.3 Å². The smallest absolute Gasteiger partial charge is 0.261 e. The van der Waals surface area contributed by atoms with Gasteiger partial charge in [0.1, 0.15) is 17.0 Å². The average Bonchev–Trinajstić information content (AvgIpc) is 3.30. The van der Waals surface area contributed by atoms with Crippen molar-refractivity contribution in [2.24, 2.45) is 0 Å². The SMILES string of the molecule is Cc1c(C(=O)NCCN2CCCC2)sc2ncnc(N3CCN(C)CC3)c12. The third kappa shape index (κ3) is 3.93. The second-order valence-electron chi connectivity index (χ2n) is 7.53. The number of likely N-dealkylation sites (N-methyl/N-ethyl adjacent to an activating group) is 1. The summed E-state index contributed by atoms with van der Waals surface area (Å²) in [5.41, 5.74) is 1.00. The van der Waals surface area contributed by atoms with E-state index in [1.807, 2.05) is 6.92 Å². The van der Waals surface area contributed by atoms with Gasteiger partial charge in [0.25, 0.3) is 5.91 Å². The lowest BCUT2D eigenvalue weighted by Gasteiger charge is -2.33. The maximum atomic E-state index is 12.8. The van der Waals surface area contributed by atoms with Gasteiger partial charge in [0.2, 0.25) is 0 Å². The van der Waals surface area contributed by atoms with Crippen LogP contribution < -0.4 is 10.2 Å². The highest BCUT2D eigenvalue weighted by atomic mass is 32.1. The molecule has 8 heteroatoms. The van der Waals surface area contributed by atoms with Crippen molar-refractivity contribution in [2.45, 2.75) is 19.8 Å². The molecular weight excluding hydrogens is 360 g/mol. The van der Waals surface area contributed by atoms with Crippen molar-refractivity contribution in [3.8, 4) is 0 Å². The summed E-state index contributed by atoms with van der Waals surface area (Å²) in [5.74, 6) is 0.983. The van der Waals surface area contributed by atoms with Gasteiger partial charge >= 0.3 is 0 Å². The number of rotatable bonds is 5. The molecule has 0 unspecified atom stereocenters. The minimum absolute atomic E-state index is 0.0130. The van der Waals surface area contributed by atoms with Crippen LogP contribution >= 0.6 is 11.3 Å². The number of nitrogens with one attached hydrogen (secondary N) is 1. The molecule has 0 atom stereocenters. The van der Waals surface area contributed by atoms with Crippen LogP contribution in [0.2, 0.25) is 0 Å². The highest BCUT2D eigenvalue weighted by Gasteiger charge is 2.23. The Morgan fingerprint density at radius 3 is 2.63 bits per heavy atom. The molecule has 2 aromatic rings. The van der Waals surface area contributed by atoms with E-state index in [4.69, 9.17) is 0 Å². The number of hydrogen-bond donors (Lipinski definition) is 1. The minimum Gasteiger partial charge on any atom is -0.353 e. The summed E-state index contributed by atoms with van der Waals surface area (Å²) in [6, 6.07) is 0. The molecule has 146 valence electrons. The first-order valence-corrected chi connectivity index (χ1v) is 10.6. The third-order valence-electron chi connectivity index (χ3n) is 5.63. The largest absolute Gasteiger partial charge is 0.353 e. The molecule has 2 fully saturated rings. The van der Waals surface area contributed by atoms with Crippen LogP contribution in [0.25, 0.3) is 10.2 Å². The maximum absolute atomic E-state index is 12.8. The molecule has 27 heavy (non-hydrogen) atoms. The van der Waals surface area contributed by atoms with Gasteiger partial charge in [-0.05, 0) is 45.5 Å². The first-order valence-electron chi connectivity index (χ1n) is 9.81. The molecule has 4 rings (SSSR count). The molecule has 4 heterocycles. The second kappa shape index (κ2) is 8.08. The summed E-state index contributed by atoms with van der Waals surface area (Å²) in [5, 5.41) is 4.13. The Labute approximate surface area is 164 Å². The number of anilines is 1. The number of hydrogen-bond acceptors (Lipinski definition) is 7. The van der Waals surface area contributed by atoms with E-state index in [1.54, 1.807) is 6.33 Å². The Bertz CT molecular complexity index is 808. The number of carbonyl (C=O) groups excluding carboxylic acids is 1. The van der Waals surface area contributed by atoms with Gasteiger partial charge in [-0.3, -0.25) is 4.79 Å². The molecule has 7 nitrogen and oxygen atoms in total. The molecule has 0 radical (unpaired) electrons. The van der Waals surface area contributed by atoms with Crippen LogP contribution in [0.1, 0.15) is 28.1 Å². The number of aryl methyl sites for hydroxylation is 1.